The lowest BCUT2D eigenvalue weighted by atomic mass is 10.0. The monoisotopic (exact) mass is 325 g/mol. The Bertz CT molecular complexity index is 714. The molecule has 0 N–H and O–H groups in total. The molecule has 1 amide bonds. The van der Waals surface area contributed by atoms with Gasteiger partial charge in [0.05, 0.1) is 26.7 Å². The van der Waals surface area contributed by atoms with Gasteiger partial charge >= 0.3 is 0 Å². The first-order valence-electron chi connectivity index (χ1n) is 8.27. The summed E-state index contributed by atoms with van der Waals surface area (Å²) in [6, 6.07) is 15.9. The van der Waals surface area contributed by atoms with Crippen molar-refractivity contribution in [1.82, 2.24) is 4.90 Å². The largest absolute Gasteiger partial charge is 0.497 e. The van der Waals surface area contributed by atoms with Crippen LogP contribution in [0.15, 0.2) is 48.5 Å². The lowest BCUT2D eigenvalue weighted by Gasteiger charge is -2.25. The van der Waals surface area contributed by atoms with E-state index in [0.717, 1.165) is 42.0 Å². The summed E-state index contributed by atoms with van der Waals surface area (Å²) in [5.74, 6) is 1.78. The second-order valence-electron chi connectivity index (χ2n) is 6.05. The maximum Gasteiger partial charge on any atom is 0.227 e. The third kappa shape index (κ3) is 3.53. The van der Waals surface area contributed by atoms with E-state index in [1.165, 1.54) is 0 Å². The Labute approximate surface area is 143 Å². The summed E-state index contributed by atoms with van der Waals surface area (Å²) in [6.45, 7) is 0.810. The Morgan fingerprint density at radius 1 is 1.08 bits per heavy atom. The number of amides is 1. The zero-order chi connectivity index (χ0) is 16.9. The average Bonchev–Trinajstić information content (AvgIpc) is 3.12. The van der Waals surface area contributed by atoms with Crippen LogP contribution < -0.4 is 9.47 Å². The number of nitrogens with zero attached hydrogens (tertiary/aromatic N) is 1. The summed E-state index contributed by atoms with van der Waals surface area (Å²) in [5, 5.41) is 0. The molecule has 1 saturated heterocycles. The minimum Gasteiger partial charge on any atom is -0.497 e. The molecule has 4 heteroatoms. The molecule has 1 atom stereocenters. The number of ether oxygens (including phenoxy) is 2. The van der Waals surface area contributed by atoms with Gasteiger partial charge in [0, 0.05) is 6.54 Å². The van der Waals surface area contributed by atoms with Gasteiger partial charge < -0.3 is 14.4 Å². The standard InChI is InChI=1S/C20H23NO3/c1-23-17-8-3-6-15(12-17)13-20(22)21-11-5-10-19(21)16-7-4-9-18(14-16)24-2/h3-4,6-9,12,14,19H,5,10-11,13H2,1-2H3. The summed E-state index contributed by atoms with van der Waals surface area (Å²) < 4.78 is 10.6. The Morgan fingerprint density at radius 2 is 1.79 bits per heavy atom. The van der Waals surface area contributed by atoms with Gasteiger partial charge in [0.15, 0.2) is 0 Å². The quantitative estimate of drug-likeness (QED) is 0.843. The first-order chi connectivity index (χ1) is 11.7. The van der Waals surface area contributed by atoms with Crippen LogP contribution in [0.2, 0.25) is 0 Å². The van der Waals surface area contributed by atoms with Crippen LogP contribution in [0.1, 0.15) is 30.0 Å². The second kappa shape index (κ2) is 7.39. The number of methoxy groups -OCH3 is 2. The van der Waals surface area contributed by atoms with E-state index < -0.39 is 0 Å². The third-order valence-corrected chi connectivity index (χ3v) is 4.54. The van der Waals surface area contributed by atoms with Crippen molar-refractivity contribution in [2.45, 2.75) is 25.3 Å². The van der Waals surface area contributed by atoms with Gasteiger partial charge in [-0.2, -0.15) is 0 Å². The number of carbonyl (C=O) groups is 1. The van der Waals surface area contributed by atoms with Crippen molar-refractivity contribution < 1.29 is 14.3 Å². The van der Waals surface area contributed by atoms with Gasteiger partial charge in [0.2, 0.25) is 5.91 Å². The Morgan fingerprint density at radius 3 is 2.54 bits per heavy atom. The van der Waals surface area contributed by atoms with Crippen molar-refractivity contribution in [3.63, 3.8) is 0 Å². The number of rotatable bonds is 5. The molecule has 0 aliphatic carbocycles. The molecule has 0 radical (unpaired) electrons. The number of likely N-dealkylation sites (tertiary alicyclic amines) is 1. The van der Waals surface area contributed by atoms with Crippen molar-refractivity contribution >= 4 is 5.91 Å². The van der Waals surface area contributed by atoms with E-state index in [9.17, 15) is 4.79 Å². The van der Waals surface area contributed by atoms with Gasteiger partial charge in [0.1, 0.15) is 11.5 Å². The van der Waals surface area contributed by atoms with Crippen LogP contribution in [-0.2, 0) is 11.2 Å². The van der Waals surface area contributed by atoms with Gasteiger partial charge in [-0.15, -0.1) is 0 Å². The molecule has 1 fully saturated rings. The SMILES string of the molecule is COc1cccc(CC(=O)N2CCCC2c2cccc(OC)c2)c1. The molecule has 1 unspecified atom stereocenters. The predicted octanol–water partition coefficient (Wildman–Crippen LogP) is 3.61. The molecule has 0 saturated carbocycles. The summed E-state index contributed by atoms with van der Waals surface area (Å²) in [4.78, 5) is 14.8. The van der Waals surface area contributed by atoms with Crippen LogP contribution >= 0.6 is 0 Å². The van der Waals surface area contributed by atoms with Crippen LogP contribution in [0, 0.1) is 0 Å². The topological polar surface area (TPSA) is 38.8 Å². The molecule has 24 heavy (non-hydrogen) atoms. The second-order valence-corrected chi connectivity index (χ2v) is 6.05. The number of hydrogen-bond donors (Lipinski definition) is 0. The molecule has 1 heterocycles. The lowest BCUT2D eigenvalue weighted by molar-refractivity contribution is -0.131. The maximum absolute atomic E-state index is 12.8. The van der Waals surface area contributed by atoms with E-state index >= 15 is 0 Å². The van der Waals surface area contributed by atoms with E-state index in [1.807, 2.05) is 47.4 Å². The Hall–Kier alpha value is -2.49. The fourth-order valence-corrected chi connectivity index (χ4v) is 3.32. The maximum atomic E-state index is 12.8. The van der Waals surface area contributed by atoms with E-state index in [-0.39, 0.29) is 11.9 Å². The van der Waals surface area contributed by atoms with Crippen molar-refractivity contribution in [3.8, 4) is 11.5 Å². The molecule has 3 rings (SSSR count). The minimum atomic E-state index is 0.137. The highest BCUT2D eigenvalue weighted by Gasteiger charge is 2.30. The summed E-state index contributed by atoms with van der Waals surface area (Å²) >= 11 is 0. The fourth-order valence-electron chi connectivity index (χ4n) is 3.32. The normalized spacial score (nSPS) is 16.9. The number of carbonyl (C=O) groups excluding carboxylic acids is 1. The molecule has 0 aromatic heterocycles. The zero-order valence-corrected chi connectivity index (χ0v) is 14.2. The molecule has 1 aliphatic heterocycles. The lowest BCUT2D eigenvalue weighted by Crippen LogP contribution is -2.31. The number of benzene rings is 2. The van der Waals surface area contributed by atoms with Crippen LogP contribution in [0.4, 0.5) is 0 Å². The van der Waals surface area contributed by atoms with Crippen molar-refractivity contribution in [1.29, 1.82) is 0 Å². The van der Waals surface area contributed by atoms with E-state index in [1.54, 1.807) is 14.2 Å². The number of hydrogen-bond acceptors (Lipinski definition) is 3. The molecule has 2 aromatic rings. The first kappa shape index (κ1) is 16.4. The van der Waals surface area contributed by atoms with Crippen LogP contribution in [-0.4, -0.2) is 31.6 Å². The summed E-state index contributed by atoms with van der Waals surface area (Å²) in [6.07, 6.45) is 2.43. The van der Waals surface area contributed by atoms with Gasteiger partial charge in [-0.25, -0.2) is 0 Å². The average molecular weight is 325 g/mol. The van der Waals surface area contributed by atoms with Gasteiger partial charge in [-0.3, -0.25) is 4.79 Å². The van der Waals surface area contributed by atoms with Crippen LogP contribution in [0.3, 0.4) is 0 Å². The molecule has 126 valence electrons. The minimum absolute atomic E-state index is 0.137. The molecule has 2 aromatic carbocycles. The van der Waals surface area contributed by atoms with Gasteiger partial charge in [0.25, 0.3) is 0 Å². The zero-order valence-electron chi connectivity index (χ0n) is 14.2. The fraction of sp³-hybridized carbons (Fsp3) is 0.350. The predicted molar refractivity (Wildman–Crippen MR) is 93.4 cm³/mol. The molecule has 0 bridgehead atoms. The molecule has 0 spiro atoms. The Kier molecular flexibility index (Phi) is 5.04. The Balaban J connectivity index is 1.75. The van der Waals surface area contributed by atoms with Crippen LogP contribution in [0.25, 0.3) is 0 Å². The summed E-state index contributed by atoms with van der Waals surface area (Å²) in [7, 11) is 3.31. The third-order valence-electron chi connectivity index (χ3n) is 4.54. The van der Waals surface area contributed by atoms with E-state index in [0.29, 0.717) is 6.42 Å². The van der Waals surface area contributed by atoms with Crippen molar-refractivity contribution in [3.05, 3.63) is 59.7 Å². The van der Waals surface area contributed by atoms with Gasteiger partial charge in [-0.05, 0) is 48.2 Å². The highest BCUT2D eigenvalue weighted by Crippen LogP contribution is 2.34. The van der Waals surface area contributed by atoms with Gasteiger partial charge in [-0.1, -0.05) is 24.3 Å². The molecule has 1 aliphatic rings. The highest BCUT2D eigenvalue weighted by molar-refractivity contribution is 5.79. The van der Waals surface area contributed by atoms with E-state index in [4.69, 9.17) is 9.47 Å². The van der Waals surface area contributed by atoms with Crippen LogP contribution in [0.5, 0.6) is 11.5 Å². The summed E-state index contributed by atoms with van der Waals surface area (Å²) in [5.41, 5.74) is 2.13. The van der Waals surface area contributed by atoms with Crippen molar-refractivity contribution in [2.75, 3.05) is 20.8 Å². The molecular weight excluding hydrogens is 302 g/mol. The van der Waals surface area contributed by atoms with E-state index in [2.05, 4.69) is 6.07 Å². The molecular formula is C20H23NO3. The van der Waals surface area contributed by atoms with Crippen molar-refractivity contribution in [2.24, 2.45) is 0 Å². The first-order valence-corrected chi connectivity index (χ1v) is 8.27. The smallest absolute Gasteiger partial charge is 0.227 e. The highest BCUT2D eigenvalue weighted by atomic mass is 16.5. The molecule has 4 nitrogen and oxygen atoms in total.